The molecule has 13 heteroatoms. The largest absolute Gasteiger partial charge is 0.508 e. The van der Waals surface area contributed by atoms with E-state index in [2.05, 4.69) is 16.0 Å². The van der Waals surface area contributed by atoms with E-state index in [9.17, 15) is 34.2 Å². The van der Waals surface area contributed by atoms with E-state index in [0.717, 1.165) is 40.7 Å². The summed E-state index contributed by atoms with van der Waals surface area (Å²) >= 11 is 6.25. The van der Waals surface area contributed by atoms with Crippen molar-refractivity contribution in [3.63, 3.8) is 0 Å². The van der Waals surface area contributed by atoms with Crippen molar-refractivity contribution in [1.29, 1.82) is 0 Å². The van der Waals surface area contributed by atoms with E-state index in [0.29, 0.717) is 73.7 Å². The molecule has 5 N–H and O–H groups in total. The Bertz CT molecular complexity index is 2150. The van der Waals surface area contributed by atoms with E-state index in [-0.39, 0.29) is 54.5 Å². The lowest BCUT2D eigenvalue weighted by Gasteiger charge is -2.29. The van der Waals surface area contributed by atoms with Crippen molar-refractivity contribution in [3.05, 3.63) is 119 Å². The molecule has 58 heavy (non-hydrogen) atoms. The number of unbranched alkanes of at least 4 members (excludes halogenated alkanes) is 3. The number of fused-ring (bicyclic) bond motifs is 1. The highest BCUT2D eigenvalue weighted by molar-refractivity contribution is 6.18. The van der Waals surface area contributed by atoms with Crippen LogP contribution in [0.4, 0.5) is 5.69 Å². The third-order valence-electron chi connectivity index (χ3n) is 10.3. The molecule has 4 aromatic rings. The minimum absolute atomic E-state index is 0.0692. The predicted molar refractivity (Wildman–Crippen MR) is 221 cm³/mol. The molecular weight excluding hydrogens is 760 g/mol. The molecular formula is C45H47ClN4O8. The van der Waals surface area contributed by atoms with Gasteiger partial charge in [0.1, 0.15) is 29.9 Å². The molecule has 12 nitrogen and oxygen atoms in total. The summed E-state index contributed by atoms with van der Waals surface area (Å²) in [5.74, 6) is 0.0160. The number of imide groups is 1. The summed E-state index contributed by atoms with van der Waals surface area (Å²) in [5.41, 5.74) is 6.34. The second kappa shape index (κ2) is 19.8. The predicted octanol–water partition coefficient (Wildman–Crippen LogP) is 6.92. The second-order valence-electron chi connectivity index (χ2n) is 14.3. The van der Waals surface area contributed by atoms with Gasteiger partial charge >= 0.3 is 0 Å². The first-order valence-electron chi connectivity index (χ1n) is 19.6. The first-order chi connectivity index (χ1) is 28.1. The molecule has 2 heterocycles. The molecule has 1 saturated heterocycles. The maximum Gasteiger partial charge on any atom is 0.255 e. The first-order valence-corrected chi connectivity index (χ1v) is 20.1. The Kier molecular flexibility index (Phi) is 14.2. The normalized spacial score (nSPS) is 15.4. The van der Waals surface area contributed by atoms with Crippen LogP contribution in [0.15, 0.2) is 91.0 Å². The SMILES string of the molecule is O=C(CCCCCCC(=O)Nc1cccc2c1CN(C1CCC(=O)NC1=O)C2=O)NCCOc1ccc(C(=C(CCCl)c2ccc(O)cc2)c2ccc(O)cc2)cc1. The molecule has 0 spiro atoms. The fourth-order valence-corrected chi connectivity index (χ4v) is 7.51. The third kappa shape index (κ3) is 10.6. The summed E-state index contributed by atoms with van der Waals surface area (Å²) in [5, 5.41) is 27.9. The molecule has 0 radical (unpaired) electrons. The average molecular weight is 807 g/mol. The second-order valence-corrected chi connectivity index (χ2v) is 14.7. The fourth-order valence-electron chi connectivity index (χ4n) is 7.32. The Balaban J connectivity index is 0.901. The Hall–Kier alpha value is -6.14. The lowest BCUT2D eigenvalue weighted by atomic mass is 9.88. The number of carbonyl (C=O) groups is 5. The maximum atomic E-state index is 13.1. The van der Waals surface area contributed by atoms with Crippen LogP contribution < -0.4 is 20.7 Å². The van der Waals surface area contributed by atoms with Crippen LogP contribution >= 0.6 is 11.6 Å². The zero-order valence-electron chi connectivity index (χ0n) is 32.1. The van der Waals surface area contributed by atoms with Gasteiger partial charge < -0.3 is 30.5 Å². The van der Waals surface area contributed by atoms with Crippen LogP contribution in [0.5, 0.6) is 17.2 Å². The van der Waals surface area contributed by atoms with Gasteiger partial charge in [-0.3, -0.25) is 29.3 Å². The molecule has 1 unspecified atom stereocenters. The molecule has 302 valence electrons. The number of allylic oxidation sites excluding steroid dienone is 1. The number of amides is 5. The minimum Gasteiger partial charge on any atom is -0.508 e. The Morgan fingerprint density at radius 3 is 2.03 bits per heavy atom. The number of piperidine rings is 1. The van der Waals surface area contributed by atoms with Crippen molar-refractivity contribution in [2.75, 3.05) is 24.3 Å². The highest BCUT2D eigenvalue weighted by atomic mass is 35.5. The Labute approximate surface area is 342 Å². The third-order valence-corrected chi connectivity index (χ3v) is 10.5. The molecule has 4 aromatic carbocycles. The van der Waals surface area contributed by atoms with Crippen molar-refractivity contribution in [1.82, 2.24) is 15.5 Å². The minimum atomic E-state index is -0.725. The van der Waals surface area contributed by atoms with Crippen LogP contribution in [0.3, 0.4) is 0 Å². The van der Waals surface area contributed by atoms with Crippen molar-refractivity contribution < 1.29 is 38.9 Å². The summed E-state index contributed by atoms with van der Waals surface area (Å²) in [6.45, 7) is 0.819. The summed E-state index contributed by atoms with van der Waals surface area (Å²) < 4.78 is 5.91. The van der Waals surface area contributed by atoms with Gasteiger partial charge in [0, 0.05) is 48.5 Å². The molecule has 0 saturated carbocycles. The van der Waals surface area contributed by atoms with Crippen molar-refractivity contribution in [3.8, 4) is 17.2 Å². The standard InChI is InChI=1S/C45H47ClN4O8/c46-25-24-35(29-10-16-32(51)17-11-29)43(30-12-18-33(52)19-13-30)31-14-20-34(21-15-31)58-27-26-47-40(53)8-3-1-2-4-9-41(54)48-38-7-5-6-36-37(38)28-50(45(36)57)39-22-23-42(55)49-44(39)56/h5-7,10-21,39,51-52H,1-4,8-9,22-28H2,(H,47,53)(H,48,54)(H,49,55,56). The van der Waals surface area contributed by atoms with Crippen LogP contribution in [-0.2, 0) is 25.7 Å². The Morgan fingerprint density at radius 2 is 1.40 bits per heavy atom. The van der Waals surface area contributed by atoms with Crippen LogP contribution in [-0.4, -0.2) is 69.7 Å². The number of nitrogens with zero attached hydrogens (tertiary/aromatic N) is 1. The molecule has 1 atom stereocenters. The summed E-state index contributed by atoms with van der Waals surface area (Å²) in [4.78, 5) is 63.7. The van der Waals surface area contributed by atoms with Gasteiger partial charge in [-0.05, 0) is 102 Å². The van der Waals surface area contributed by atoms with Crippen LogP contribution in [0.25, 0.3) is 11.1 Å². The number of phenolic OH excluding ortho intramolecular Hbond substituents is 2. The number of anilines is 1. The van der Waals surface area contributed by atoms with Crippen molar-refractivity contribution in [2.45, 2.75) is 70.4 Å². The number of phenols is 2. The van der Waals surface area contributed by atoms with Gasteiger partial charge in [-0.2, -0.15) is 0 Å². The van der Waals surface area contributed by atoms with E-state index in [1.54, 1.807) is 42.5 Å². The van der Waals surface area contributed by atoms with Crippen LogP contribution in [0.1, 0.15) is 90.4 Å². The zero-order valence-corrected chi connectivity index (χ0v) is 32.9. The van der Waals surface area contributed by atoms with Gasteiger partial charge in [0.25, 0.3) is 5.91 Å². The van der Waals surface area contributed by atoms with Gasteiger partial charge in [-0.15, -0.1) is 11.6 Å². The number of alkyl halides is 1. The van der Waals surface area contributed by atoms with Gasteiger partial charge in [0.05, 0.1) is 6.54 Å². The van der Waals surface area contributed by atoms with E-state index in [4.69, 9.17) is 16.3 Å². The van der Waals surface area contributed by atoms with E-state index < -0.39 is 11.9 Å². The number of hydrogen-bond donors (Lipinski definition) is 5. The lowest BCUT2D eigenvalue weighted by molar-refractivity contribution is -0.137. The summed E-state index contributed by atoms with van der Waals surface area (Å²) in [7, 11) is 0. The zero-order chi connectivity index (χ0) is 41.0. The maximum absolute atomic E-state index is 13.1. The van der Waals surface area contributed by atoms with Crippen LogP contribution in [0, 0.1) is 0 Å². The van der Waals surface area contributed by atoms with Gasteiger partial charge in [-0.25, -0.2) is 0 Å². The quantitative estimate of drug-likeness (QED) is 0.0312. The molecule has 2 aliphatic rings. The van der Waals surface area contributed by atoms with E-state index >= 15 is 0 Å². The van der Waals surface area contributed by atoms with Crippen LogP contribution in [0.2, 0.25) is 0 Å². The summed E-state index contributed by atoms with van der Waals surface area (Å²) in [6.07, 6.45) is 4.58. The molecule has 0 aromatic heterocycles. The summed E-state index contributed by atoms with van der Waals surface area (Å²) in [6, 6.07) is 26.1. The number of rotatable bonds is 18. The number of benzene rings is 4. The van der Waals surface area contributed by atoms with E-state index in [1.807, 2.05) is 48.5 Å². The number of nitrogens with one attached hydrogen (secondary N) is 3. The highest BCUT2D eigenvalue weighted by Gasteiger charge is 2.40. The fraction of sp³-hybridized carbons (Fsp3) is 0.311. The molecule has 0 aliphatic carbocycles. The lowest BCUT2D eigenvalue weighted by Crippen LogP contribution is -2.52. The molecule has 6 rings (SSSR count). The first kappa shape index (κ1) is 41.5. The number of aromatic hydroxyl groups is 2. The van der Waals surface area contributed by atoms with Gasteiger partial charge in [0.15, 0.2) is 0 Å². The molecule has 0 bridgehead atoms. The molecule has 5 amide bonds. The molecule has 1 fully saturated rings. The number of carbonyl (C=O) groups excluding carboxylic acids is 5. The van der Waals surface area contributed by atoms with Crippen molar-refractivity contribution >= 4 is 58.0 Å². The number of halogens is 1. The van der Waals surface area contributed by atoms with Crippen molar-refractivity contribution in [2.24, 2.45) is 0 Å². The monoisotopic (exact) mass is 806 g/mol. The highest BCUT2D eigenvalue weighted by Crippen LogP contribution is 2.37. The number of ether oxygens (including phenoxy) is 1. The number of hydrogen-bond acceptors (Lipinski definition) is 8. The topological polar surface area (TPSA) is 174 Å². The average Bonchev–Trinajstić information content (AvgIpc) is 3.55. The Morgan fingerprint density at radius 1 is 0.776 bits per heavy atom. The van der Waals surface area contributed by atoms with Gasteiger partial charge in [0.2, 0.25) is 23.6 Å². The van der Waals surface area contributed by atoms with E-state index in [1.165, 1.54) is 4.90 Å². The smallest absolute Gasteiger partial charge is 0.255 e. The molecule has 2 aliphatic heterocycles. The van der Waals surface area contributed by atoms with Gasteiger partial charge in [-0.1, -0.05) is 55.3 Å².